The first-order chi connectivity index (χ1) is 14.9. The molecule has 2 aromatic carbocycles. The molecule has 0 saturated carbocycles. The van der Waals surface area contributed by atoms with E-state index in [1.807, 2.05) is 12.1 Å². The SMILES string of the molecule is O=C(C1=NN(c2ccc(Br)cc2)C(=O)CC1)N1CCN(c2ccc([N+](=O)[O-])cc2)CC1. The first-order valence-corrected chi connectivity index (χ1v) is 10.7. The molecule has 2 aliphatic heterocycles. The molecule has 0 bridgehead atoms. The van der Waals surface area contributed by atoms with E-state index in [2.05, 4.69) is 25.9 Å². The quantitative estimate of drug-likeness (QED) is 0.488. The fourth-order valence-corrected chi connectivity index (χ4v) is 3.89. The minimum absolute atomic E-state index is 0.0535. The van der Waals surface area contributed by atoms with E-state index in [9.17, 15) is 19.7 Å². The summed E-state index contributed by atoms with van der Waals surface area (Å²) < 4.78 is 0.895. The summed E-state index contributed by atoms with van der Waals surface area (Å²) in [4.78, 5) is 39.6. The Hall–Kier alpha value is -3.27. The molecule has 2 heterocycles. The van der Waals surface area contributed by atoms with Gasteiger partial charge in [-0.3, -0.25) is 19.7 Å². The van der Waals surface area contributed by atoms with Crippen LogP contribution in [0.4, 0.5) is 17.1 Å². The van der Waals surface area contributed by atoms with Gasteiger partial charge < -0.3 is 9.80 Å². The molecule has 0 aliphatic carbocycles. The normalized spacial score (nSPS) is 16.9. The van der Waals surface area contributed by atoms with Crippen molar-refractivity contribution in [3.05, 3.63) is 63.1 Å². The van der Waals surface area contributed by atoms with Crippen molar-refractivity contribution in [2.75, 3.05) is 36.1 Å². The second-order valence-electron chi connectivity index (χ2n) is 7.28. The van der Waals surface area contributed by atoms with Gasteiger partial charge in [0.2, 0.25) is 5.91 Å². The second-order valence-corrected chi connectivity index (χ2v) is 8.20. The molecule has 0 unspecified atom stereocenters. The highest BCUT2D eigenvalue weighted by Crippen LogP contribution is 2.24. The lowest BCUT2D eigenvalue weighted by atomic mass is 10.1. The molecule has 2 aliphatic rings. The number of nitro groups is 1. The third kappa shape index (κ3) is 4.58. The van der Waals surface area contributed by atoms with Gasteiger partial charge in [0, 0.05) is 61.3 Å². The van der Waals surface area contributed by atoms with Gasteiger partial charge >= 0.3 is 0 Å². The van der Waals surface area contributed by atoms with Crippen LogP contribution in [0.1, 0.15) is 12.8 Å². The highest BCUT2D eigenvalue weighted by Gasteiger charge is 2.30. The van der Waals surface area contributed by atoms with Crippen molar-refractivity contribution in [2.45, 2.75) is 12.8 Å². The summed E-state index contributed by atoms with van der Waals surface area (Å²) in [5, 5.41) is 16.5. The number of rotatable bonds is 4. The monoisotopic (exact) mass is 485 g/mol. The Balaban J connectivity index is 1.42. The lowest BCUT2D eigenvalue weighted by Gasteiger charge is -2.36. The molecule has 2 aromatic rings. The number of halogens is 1. The average Bonchev–Trinajstić information content (AvgIpc) is 2.80. The van der Waals surface area contributed by atoms with Crippen LogP contribution in [0.2, 0.25) is 0 Å². The number of benzene rings is 2. The summed E-state index contributed by atoms with van der Waals surface area (Å²) in [5.41, 5.74) is 1.95. The summed E-state index contributed by atoms with van der Waals surface area (Å²) in [7, 11) is 0. The summed E-state index contributed by atoms with van der Waals surface area (Å²) in [6.45, 7) is 2.26. The zero-order valence-electron chi connectivity index (χ0n) is 16.6. The van der Waals surface area contributed by atoms with Gasteiger partial charge in [0.15, 0.2) is 0 Å². The van der Waals surface area contributed by atoms with E-state index in [-0.39, 0.29) is 23.9 Å². The standard InChI is InChI=1S/C21H20BrN5O4/c22-15-1-3-17(4-2-15)26-20(28)10-9-19(23-26)21(29)25-13-11-24(12-14-25)16-5-7-18(8-6-16)27(30)31/h1-8H,9-14H2. The topological polar surface area (TPSA) is 99.4 Å². The van der Waals surface area contributed by atoms with Gasteiger partial charge in [-0.2, -0.15) is 5.10 Å². The first-order valence-electron chi connectivity index (χ1n) is 9.87. The third-order valence-corrected chi connectivity index (χ3v) is 5.87. The minimum atomic E-state index is -0.423. The van der Waals surface area contributed by atoms with Gasteiger partial charge in [0.1, 0.15) is 5.71 Å². The number of piperazine rings is 1. The van der Waals surface area contributed by atoms with Crippen molar-refractivity contribution in [1.29, 1.82) is 0 Å². The van der Waals surface area contributed by atoms with Crippen LogP contribution in [0.3, 0.4) is 0 Å². The van der Waals surface area contributed by atoms with Gasteiger partial charge in [0.25, 0.3) is 11.6 Å². The van der Waals surface area contributed by atoms with Gasteiger partial charge in [-0.05, 0) is 36.4 Å². The molecule has 1 saturated heterocycles. The Morgan fingerprint density at radius 1 is 0.935 bits per heavy atom. The van der Waals surface area contributed by atoms with E-state index in [4.69, 9.17) is 0 Å². The van der Waals surface area contributed by atoms with Crippen molar-refractivity contribution in [1.82, 2.24) is 4.90 Å². The number of carbonyl (C=O) groups excluding carboxylic acids is 2. The Morgan fingerprint density at radius 3 is 2.16 bits per heavy atom. The maximum atomic E-state index is 13.0. The van der Waals surface area contributed by atoms with Crippen LogP contribution in [0, 0.1) is 10.1 Å². The number of carbonyl (C=O) groups is 2. The largest absolute Gasteiger partial charge is 0.368 e. The predicted molar refractivity (Wildman–Crippen MR) is 120 cm³/mol. The lowest BCUT2D eigenvalue weighted by molar-refractivity contribution is -0.384. The van der Waals surface area contributed by atoms with Gasteiger partial charge in [0.05, 0.1) is 10.6 Å². The zero-order valence-corrected chi connectivity index (χ0v) is 18.2. The Bertz CT molecular complexity index is 1030. The number of amides is 2. The van der Waals surface area contributed by atoms with E-state index < -0.39 is 4.92 Å². The molecule has 31 heavy (non-hydrogen) atoms. The van der Waals surface area contributed by atoms with Crippen LogP contribution in [0.25, 0.3) is 0 Å². The molecule has 10 heteroatoms. The zero-order chi connectivity index (χ0) is 22.0. The molecular weight excluding hydrogens is 466 g/mol. The first kappa shape index (κ1) is 21.0. The van der Waals surface area contributed by atoms with Crippen molar-refractivity contribution >= 4 is 50.5 Å². The lowest BCUT2D eigenvalue weighted by Crippen LogP contribution is -2.51. The van der Waals surface area contributed by atoms with Crippen LogP contribution in [0.5, 0.6) is 0 Å². The number of non-ortho nitro benzene ring substituents is 1. The molecule has 2 amide bonds. The summed E-state index contributed by atoms with van der Waals surface area (Å²) >= 11 is 3.37. The summed E-state index contributed by atoms with van der Waals surface area (Å²) in [6.07, 6.45) is 0.566. The third-order valence-electron chi connectivity index (χ3n) is 5.34. The van der Waals surface area contributed by atoms with Crippen molar-refractivity contribution < 1.29 is 14.5 Å². The van der Waals surface area contributed by atoms with Crippen LogP contribution in [-0.2, 0) is 9.59 Å². The van der Waals surface area contributed by atoms with E-state index in [1.165, 1.54) is 17.1 Å². The molecule has 0 spiro atoms. The fraction of sp³-hybridized carbons (Fsp3) is 0.286. The molecule has 0 N–H and O–H groups in total. The van der Waals surface area contributed by atoms with Crippen LogP contribution >= 0.6 is 15.9 Å². The molecule has 160 valence electrons. The van der Waals surface area contributed by atoms with Crippen molar-refractivity contribution in [3.8, 4) is 0 Å². The maximum Gasteiger partial charge on any atom is 0.270 e. The average molecular weight is 486 g/mol. The van der Waals surface area contributed by atoms with Gasteiger partial charge in [-0.1, -0.05) is 15.9 Å². The van der Waals surface area contributed by atoms with Gasteiger partial charge in [-0.15, -0.1) is 0 Å². The Kier molecular flexibility index (Phi) is 5.99. The molecule has 4 rings (SSSR count). The Labute approximate surface area is 187 Å². The molecule has 0 atom stereocenters. The maximum absolute atomic E-state index is 13.0. The van der Waals surface area contributed by atoms with Crippen molar-refractivity contribution in [3.63, 3.8) is 0 Å². The predicted octanol–water partition coefficient (Wildman–Crippen LogP) is 3.19. The number of nitro benzene ring substituents is 1. The number of hydrogen-bond donors (Lipinski definition) is 0. The molecular formula is C21H20BrN5O4. The number of hydrogen-bond acceptors (Lipinski definition) is 6. The van der Waals surface area contributed by atoms with Crippen LogP contribution in [-0.4, -0.2) is 53.5 Å². The van der Waals surface area contributed by atoms with Crippen molar-refractivity contribution in [2.24, 2.45) is 5.10 Å². The van der Waals surface area contributed by atoms with E-state index in [1.54, 1.807) is 29.2 Å². The number of nitrogens with zero attached hydrogens (tertiary/aromatic N) is 5. The number of anilines is 2. The number of hydrazone groups is 1. The van der Waals surface area contributed by atoms with E-state index in [0.717, 1.165) is 10.2 Å². The molecule has 0 aromatic heterocycles. The van der Waals surface area contributed by atoms with Crippen LogP contribution in [0.15, 0.2) is 58.1 Å². The van der Waals surface area contributed by atoms with E-state index in [0.29, 0.717) is 44.0 Å². The summed E-state index contributed by atoms with van der Waals surface area (Å²) in [6, 6.07) is 13.6. The van der Waals surface area contributed by atoms with E-state index >= 15 is 0 Å². The fourth-order valence-electron chi connectivity index (χ4n) is 3.63. The van der Waals surface area contributed by atoms with Gasteiger partial charge in [-0.25, -0.2) is 5.01 Å². The molecule has 1 fully saturated rings. The second kappa shape index (κ2) is 8.84. The van der Waals surface area contributed by atoms with Crippen LogP contribution < -0.4 is 9.91 Å². The highest BCUT2D eigenvalue weighted by molar-refractivity contribution is 9.10. The summed E-state index contributed by atoms with van der Waals surface area (Å²) in [5.74, 6) is -0.292. The molecule has 9 nitrogen and oxygen atoms in total. The highest BCUT2D eigenvalue weighted by atomic mass is 79.9. The Morgan fingerprint density at radius 2 is 1.55 bits per heavy atom. The minimum Gasteiger partial charge on any atom is -0.368 e. The molecule has 0 radical (unpaired) electrons. The smallest absolute Gasteiger partial charge is 0.270 e.